The van der Waals surface area contributed by atoms with Gasteiger partial charge in [0.1, 0.15) is 11.7 Å². The van der Waals surface area contributed by atoms with E-state index in [2.05, 4.69) is 25.0 Å². The first-order valence-electron chi connectivity index (χ1n) is 8.94. The Morgan fingerprint density at radius 1 is 1.14 bits per heavy atom. The van der Waals surface area contributed by atoms with E-state index in [1.165, 1.54) is 12.1 Å². The fraction of sp³-hybridized carbons (Fsp3) is 0.316. The van der Waals surface area contributed by atoms with Crippen LogP contribution in [0.2, 0.25) is 0 Å². The normalized spacial score (nSPS) is 14.2. The summed E-state index contributed by atoms with van der Waals surface area (Å²) in [5.74, 6) is 1.86. The highest BCUT2D eigenvalue weighted by Gasteiger charge is 2.31. The number of hydrogen-bond acceptors (Lipinski definition) is 4. The molecule has 9 heteroatoms. The van der Waals surface area contributed by atoms with Crippen LogP contribution < -0.4 is 0 Å². The Hall–Kier alpha value is -3.10. The summed E-state index contributed by atoms with van der Waals surface area (Å²) in [6.45, 7) is 3.35. The van der Waals surface area contributed by atoms with Crippen LogP contribution >= 0.6 is 0 Å². The molecule has 0 bridgehead atoms. The van der Waals surface area contributed by atoms with Crippen molar-refractivity contribution >= 4 is 11.7 Å². The van der Waals surface area contributed by atoms with E-state index < -0.39 is 11.7 Å². The molecule has 0 aliphatic carbocycles. The first-order chi connectivity index (χ1) is 13.3. The summed E-state index contributed by atoms with van der Waals surface area (Å²) in [4.78, 5) is 14.6. The molecule has 146 valence electrons. The minimum Gasteiger partial charge on any atom is -0.350 e. The minimum atomic E-state index is -4.36. The molecule has 1 N–H and O–H groups in total. The van der Waals surface area contributed by atoms with Gasteiger partial charge in [-0.25, -0.2) is 9.98 Å². The molecular formula is C19H19F3N6. The van der Waals surface area contributed by atoms with Crippen molar-refractivity contribution in [3.63, 3.8) is 0 Å². The highest BCUT2D eigenvalue weighted by atomic mass is 19.4. The second-order valence-electron chi connectivity index (χ2n) is 6.72. The standard InChI is InChI=1S/C19H19F3N6/c1-3-8-28-11-15-17(25-16(24-15)13-9-23-27(2)10-13)26-18(28)12-4-6-14(7-5-12)19(20,21)22/h4-7,9-10H,3,8,11H2,1-2H3,(H,24,25). The number of halogens is 3. The molecule has 1 aromatic carbocycles. The number of fused-ring (bicyclic) bond motifs is 1. The lowest BCUT2D eigenvalue weighted by Crippen LogP contribution is -2.34. The van der Waals surface area contributed by atoms with E-state index >= 15 is 0 Å². The Labute approximate surface area is 159 Å². The van der Waals surface area contributed by atoms with Crippen LogP contribution in [0.5, 0.6) is 0 Å². The molecule has 0 radical (unpaired) electrons. The molecule has 28 heavy (non-hydrogen) atoms. The summed E-state index contributed by atoms with van der Waals surface area (Å²) >= 11 is 0. The molecule has 6 nitrogen and oxygen atoms in total. The molecule has 0 atom stereocenters. The number of rotatable bonds is 4. The van der Waals surface area contributed by atoms with Crippen molar-refractivity contribution < 1.29 is 13.2 Å². The third kappa shape index (κ3) is 3.39. The van der Waals surface area contributed by atoms with Crippen LogP contribution in [0.1, 0.15) is 30.2 Å². The van der Waals surface area contributed by atoms with Crippen LogP contribution in [0.25, 0.3) is 11.4 Å². The maximum atomic E-state index is 12.9. The van der Waals surface area contributed by atoms with E-state index in [-0.39, 0.29) is 0 Å². The van der Waals surface area contributed by atoms with E-state index in [0.29, 0.717) is 29.6 Å². The van der Waals surface area contributed by atoms with E-state index in [1.54, 1.807) is 10.9 Å². The van der Waals surface area contributed by atoms with Gasteiger partial charge in [0.05, 0.1) is 29.6 Å². The Bertz CT molecular complexity index is 1010. The maximum absolute atomic E-state index is 12.9. The van der Waals surface area contributed by atoms with Gasteiger partial charge in [0, 0.05) is 25.4 Å². The summed E-state index contributed by atoms with van der Waals surface area (Å²) in [7, 11) is 1.83. The Balaban J connectivity index is 1.72. The number of nitrogens with zero attached hydrogens (tertiary/aromatic N) is 5. The van der Waals surface area contributed by atoms with Crippen LogP contribution in [0.4, 0.5) is 19.0 Å². The molecule has 2 aromatic heterocycles. The van der Waals surface area contributed by atoms with Crippen molar-refractivity contribution in [1.82, 2.24) is 24.6 Å². The van der Waals surface area contributed by atoms with E-state index in [4.69, 9.17) is 0 Å². The number of amidine groups is 1. The second kappa shape index (κ2) is 6.81. The highest BCUT2D eigenvalue weighted by molar-refractivity contribution is 6.01. The maximum Gasteiger partial charge on any atom is 0.416 e. The molecule has 0 saturated heterocycles. The van der Waals surface area contributed by atoms with Crippen LogP contribution in [0.15, 0.2) is 41.7 Å². The zero-order valence-corrected chi connectivity index (χ0v) is 15.5. The minimum absolute atomic E-state index is 0.557. The highest BCUT2D eigenvalue weighted by Crippen LogP contribution is 2.32. The molecule has 3 aromatic rings. The zero-order chi connectivity index (χ0) is 19.9. The van der Waals surface area contributed by atoms with Crippen molar-refractivity contribution in [2.45, 2.75) is 26.1 Å². The zero-order valence-electron chi connectivity index (χ0n) is 15.5. The first-order valence-corrected chi connectivity index (χ1v) is 8.94. The van der Waals surface area contributed by atoms with Crippen molar-refractivity contribution in [2.75, 3.05) is 6.54 Å². The number of H-pyrrole nitrogens is 1. The lowest BCUT2D eigenvalue weighted by Gasteiger charge is -2.28. The second-order valence-corrected chi connectivity index (χ2v) is 6.72. The average Bonchev–Trinajstić information content (AvgIpc) is 3.26. The molecule has 0 saturated carbocycles. The fourth-order valence-electron chi connectivity index (χ4n) is 3.23. The van der Waals surface area contributed by atoms with Crippen molar-refractivity contribution in [3.05, 3.63) is 53.5 Å². The molecule has 0 fully saturated rings. The predicted molar refractivity (Wildman–Crippen MR) is 99.1 cm³/mol. The lowest BCUT2D eigenvalue weighted by molar-refractivity contribution is -0.137. The first kappa shape index (κ1) is 18.3. The summed E-state index contributed by atoms with van der Waals surface area (Å²) in [5.41, 5.74) is 1.69. The largest absolute Gasteiger partial charge is 0.416 e. The van der Waals surface area contributed by atoms with Gasteiger partial charge in [-0.3, -0.25) is 4.68 Å². The summed E-state index contributed by atoms with van der Waals surface area (Å²) < 4.78 is 40.3. The molecule has 1 aliphatic rings. The number of hydrogen-bond donors (Lipinski definition) is 1. The predicted octanol–water partition coefficient (Wildman–Crippen LogP) is 4.13. The Kier molecular flexibility index (Phi) is 4.44. The van der Waals surface area contributed by atoms with Crippen LogP contribution in [-0.4, -0.2) is 37.0 Å². The summed E-state index contributed by atoms with van der Waals surface area (Å²) in [6.07, 6.45) is 0.103. The van der Waals surface area contributed by atoms with E-state index in [0.717, 1.165) is 36.4 Å². The number of imidazole rings is 1. The Morgan fingerprint density at radius 3 is 2.50 bits per heavy atom. The summed E-state index contributed by atoms with van der Waals surface area (Å²) in [5, 5.41) is 4.15. The molecule has 4 rings (SSSR count). The van der Waals surface area contributed by atoms with Gasteiger partial charge in [0.2, 0.25) is 0 Å². The Morgan fingerprint density at radius 2 is 1.89 bits per heavy atom. The van der Waals surface area contributed by atoms with E-state index in [9.17, 15) is 13.2 Å². The van der Waals surface area contributed by atoms with Crippen LogP contribution in [0.3, 0.4) is 0 Å². The third-order valence-electron chi connectivity index (χ3n) is 4.56. The topological polar surface area (TPSA) is 62.1 Å². The van der Waals surface area contributed by atoms with Crippen molar-refractivity contribution in [1.29, 1.82) is 0 Å². The monoisotopic (exact) mass is 388 g/mol. The molecule has 0 unspecified atom stereocenters. The van der Waals surface area contributed by atoms with Crippen LogP contribution in [0, 0.1) is 0 Å². The summed E-state index contributed by atoms with van der Waals surface area (Å²) in [6, 6.07) is 5.10. The number of benzene rings is 1. The van der Waals surface area contributed by atoms with Gasteiger partial charge in [0.15, 0.2) is 5.82 Å². The van der Waals surface area contributed by atoms with Gasteiger partial charge < -0.3 is 9.88 Å². The van der Waals surface area contributed by atoms with Crippen LogP contribution in [-0.2, 0) is 19.8 Å². The lowest BCUT2D eigenvalue weighted by atomic mass is 10.1. The van der Waals surface area contributed by atoms with Gasteiger partial charge in [0.25, 0.3) is 0 Å². The average molecular weight is 388 g/mol. The number of alkyl halides is 3. The molecule has 0 spiro atoms. The number of aliphatic imine (C=N–C) groups is 1. The quantitative estimate of drug-likeness (QED) is 0.731. The smallest absolute Gasteiger partial charge is 0.350 e. The third-order valence-corrected chi connectivity index (χ3v) is 4.56. The fourth-order valence-corrected chi connectivity index (χ4v) is 3.23. The van der Waals surface area contributed by atoms with E-state index in [1.807, 2.05) is 20.2 Å². The molecular weight excluding hydrogens is 369 g/mol. The number of aryl methyl sites for hydroxylation is 1. The number of aromatic nitrogens is 4. The van der Waals surface area contributed by atoms with Gasteiger partial charge >= 0.3 is 6.18 Å². The molecule has 1 aliphatic heterocycles. The van der Waals surface area contributed by atoms with Crippen molar-refractivity contribution in [3.8, 4) is 11.4 Å². The van der Waals surface area contributed by atoms with Gasteiger partial charge in [-0.15, -0.1) is 0 Å². The number of aromatic amines is 1. The van der Waals surface area contributed by atoms with Gasteiger partial charge in [-0.05, 0) is 18.6 Å². The van der Waals surface area contributed by atoms with Gasteiger partial charge in [-0.1, -0.05) is 19.1 Å². The van der Waals surface area contributed by atoms with Crippen molar-refractivity contribution in [2.24, 2.45) is 12.0 Å². The SMILES string of the molecule is CCCN1Cc2[nH]c(-c3cnn(C)c3)nc2N=C1c1ccc(C(F)(F)F)cc1. The number of nitrogens with one attached hydrogen (secondary N) is 1. The molecule has 0 amide bonds. The van der Waals surface area contributed by atoms with Gasteiger partial charge in [-0.2, -0.15) is 18.3 Å². The molecule has 3 heterocycles.